The number of aliphatic imine (C=N–C) groups is 1. The second-order valence-electron chi connectivity index (χ2n) is 3.29. The molecule has 0 atom stereocenters. The summed E-state index contributed by atoms with van der Waals surface area (Å²) in [5.74, 6) is -0.242. The van der Waals surface area contributed by atoms with Gasteiger partial charge in [-0.25, -0.2) is 4.39 Å². The van der Waals surface area contributed by atoms with Crippen LogP contribution in [0, 0.1) is 9.39 Å². The van der Waals surface area contributed by atoms with Crippen molar-refractivity contribution in [1.29, 1.82) is 0 Å². The predicted octanol–water partition coefficient (Wildman–Crippen LogP) is 4.18. The second kappa shape index (κ2) is 5.21. The smallest absolute Gasteiger partial charge is 0.123 e. The number of benzene rings is 2. The highest BCUT2D eigenvalue weighted by atomic mass is 127. The summed E-state index contributed by atoms with van der Waals surface area (Å²) in [5, 5.41) is 0. The molecule has 0 saturated carbocycles. The van der Waals surface area contributed by atoms with Crippen molar-refractivity contribution in [1.82, 2.24) is 0 Å². The summed E-state index contributed by atoms with van der Waals surface area (Å²) >= 11 is 2.25. The van der Waals surface area contributed by atoms with E-state index in [1.807, 2.05) is 24.3 Å². The molecule has 3 heteroatoms. The molecule has 2 aromatic rings. The second-order valence-corrected chi connectivity index (χ2v) is 4.53. The van der Waals surface area contributed by atoms with E-state index in [1.165, 1.54) is 15.7 Å². The zero-order chi connectivity index (χ0) is 11.4. The fourth-order valence-electron chi connectivity index (χ4n) is 1.23. The number of hydrogen-bond donors (Lipinski definition) is 0. The Hall–Kier alpha value is -1.23. The molecule has 0 unspecified atom stereocenters. The summed E-state index contributed by atoms with van der Waals surface area (Å²) in [6.07, 6.45) is 1.77. The van der Waals surface area contributed by atoms with Gasteiger partial charge in [-0.3, -0.25) is 4.99 Å². The average Bonchev–Trinajstić information content (AvgIpc) is 2.30. The maximum absolute atomic E-state index is 12.6. The van der Waals surface area contributed by atoms with Crippen molar-refractivity contribution < 1.29 is 4.39 Å². The van der Waals surface area contributed by atoms with Gasteiger partial charge in [-0.2, -0.15) is 0 Å². The fourth-order valence-corrected chi connectivity index (χ4v) is 1.58. The SMILES string of the molecule is Fc1ccc(N=Cc2ccc(I)cc2)cc1. The first-order valence-electron chi connectivity index (χ1n) is 4.79. The Bertz CT molecular complexity index is 441. The maximum Gasteiger partial charge on any atom is 0.123 e. The Kier molecular flexibility index (Phi) is 3.66. The monoisotopic (exact) mass is 325 g/mol. The summed E-state index contributed by atoms with van der Waals surface area (Å²) < 4.78 is 13.8. The summed E-state index contributed by atoms with van der Waals surface area (Å²) in [5.41, 5.74) is 1.78. The normalized spacial score (nSPS) is 10.9. The third kappa shape index (κ3) is 3.13. The third-order valence-electron chi connectivity index (χ3n) is 2.06. The van der Waals surface area contributed by atoms with Crippen LogP contribution in [0.1, 0.15) is 5.56 Å². The molecule has 0 aromatic heterocycles. The summed E-state index contributed by atoms with van der Waals surface area (Å²) in [4.78, 5) is 4.25. The van der Waals surface area contributed by atoms with Gasteiger partial charge in [0.25, 0.3) is 0 Å². The number of nitrogens with zero attached hydrogens (tertiary/aromatic N) is 1. The van der Waals surface area contributed by atoms with E-state index in [0.717, 1.165) is 11.3 Å². The van der Waals surface area contributed by atoms with Crippen molar-refractivity contribution in [2.75, 3.05) is 0 Å². The lowest BCUT2D eigenvalue weighted by molar-refractivity contribution is 0.628. The van der Waals surface area contributed by atoms with Crippen LogP contribution in [0.2, 0.25) is 0 Å². The number of halogens is 2. The Balaban J connectivity index is 2.15. The Morgan fingerprint density at radius 2 is 1.56 bits per heavy atom. The Morgan fingerprint density at radius 1 is 0.938 bits per heavy atom. The zero-order valence-electron chi connectivity index (χ0n) is 8.40. The van der Waals surface area contributed by atoms with Crippen molar-refractivity contribution in [2.24, 2.45) is 4.99 Å². The maximum atomic E-state index is 12.6. The number of hydrogen-bond acceptors (Lipinski definition) is 1. The van der Waals surface area contributed by atoms with Crippen LogP contribution in [-0.4, -0.2) is 6.21 Å². The molecule has 0 N–H and O–H groups in total. The highest BCUT2D eigenvalue weighted by molar-refractivity contribution is 14.1. The molecule has 2 rings (SSSR count). The molecule has 0 amide bonds. The largest absolute Gasteiger partial charge is 0.256 e. The molecule has 0 fully saturated rings. The minimum atomic E-state index is -0.242. The molecule has 0 aliphatic rings. The lowest BCUT2D eigenvalue weighted by Gasteiger charge is -1.94. The van der Waals surface area contributed by atoms with E-state index in [0.29, 0.717) is 0 Å². The topological polar surface area (TPSA) is 12.4 Å². The van der Waals surface area contributed by atoms with Gasteiger partial charge in [0, 0.05) is 9.78 Å². The van der Waals surface area contributed by atoms with E-state index < -0.39 is 0 Å². The van der Waals surface area contributed by atoms with Gasteiger partial charge < -0.3 is 0 Å². The molecule has 0 heterocycles. The van der Waals surface area contributed by atoms with Crippen LogP contribution in [0.25, 0.3) is 0 Å². The third-order valence-corrected chi connectivity index (χ3v) is 2.78. The minimum absolute atomic E-state index is 0.242. The highest BCUT2D eigenvalue weighted by Crippen LogP contribution is 2.12. The van der Waals surface area contributed by atoms with Crippen molar-refractivity contribution >= 4 is 34.5 Å². The van der Waals surface area contributed by atoms with Gasteiger partial charge in [0.05, 0.1) is 5.69 Å². The summed E-state index contributed by atoms with van der Waals surface area (Å²) in [7, 11) is 0. The minimum Gasteiger partial charge on any atom is -0.256 e. The zero-order valence-corrected chi connectivity index (χ0v) is 10.6. The summed E-state index contributed by atoms with van der Waals surface area (Å²) in [6, 6.07) is 14.1. The molecule has 0 aliphatic carbocycles. The molecule has 0 bridgehead atoms. The predicted molar refractivity (Wildman–Crippen MR) is 72.8 cm³/mol. The standard InChI is InChI=1S/C13H9FIN/c14-11-3-7-13(8-4-11)16-9-10-1-5-12(15)6-2-10/h1-9H. The molecule has 0 radical (unpaired) electrons. The highest BCUT2D eigenvalue weighted by Gasteiger charge is 1.91. The molecule has 0 aliphatic heterocycles. The van der Waals surface area contributed by atoms with Crippen LogP contribution in [-0.2, 0) is 0 Å². The van der Waals surface area contributed by atoms with E-state index in [-0.39, 0.29) is 5.82 Å². The Labute approximate surface area is 107 Å². The van der Waals surface area contributed by atoms with Crippen LogP contribution in [0.15, 0.2) is 53.5 Å². The van der Waals surface area contributed by atoms with E-state index in [1.54, 1.807) is 18.3 Å². The van der Waals surface area contributed by atoms with Crippen molar-refractivity contribution in [3.8, 4) is 0 Å². The number of rotatable bonds is 2. The van der Waals surface area contributed by atoms with E-state index in [4.69, 9.17) is 0 Å². The molecule has 1 nitrogen and oxygen atoms in total. The van der Waals surface area contributed by atoms with Gasteiger partial charge in [0.2, 0.25) is 0 Å². The fraction of sp³-hybridized carbons (Fsp3) is 0. The van der Waals surface area contributed by atoms with Crippen LogP contribution < -0.4 is 0 Å². The summed E-state index contributed by atoms with van der Waals surface area (Å²) in [6.45, 7) is 0. The van der Waals surface area contributed by atoms with Gasteiger partial charge in [-0.1, -0.05) is 12.1 Å². The Morgan fingerprint density at radius 3 is 2.19 bits per heavy atom. The van der Waals surface area contributed by atoms with Gasteiger partial charge in [-0.05, 0) is 64.6 Å². The van der Waals surface area contributed by atoms with E-state index in [9.17, 15) is 4.39 Å². The lowest BCUT2D eigenvalue weighted by Crippen LogP contribution is -1.80. The van der Waals surface area contributed by atoms with Crippen molar-refractivity contribution in [2.45, 2.75) is 0 Å². The molecular weight excluding hydrogens is 316 g/mol. The van der Waals surface area contributed by atoms with Gasteiger partial charge >= 0.3 is 0 Å². The van der Waals surface area contributed by atoms with Crippen LogP contribution >= 0.6 is 22.6 Å². The quantitative estimate of drug-likeness (QED) is 0.580. The van der Waals surface area contributed by atoms with Gasteiger partial charge in [0.15, 0.2) is 0 Å². The van der Waals surface area contributed by atoms with Crippen LogP contribution in [0.4, 0.5) is 10.1 Å². The first-order valence-corrected chi connectivity index (χ1v) is 5.87. The van der Waals surface area contributed by atoms with E-state index >= 15 is 0 Å². The average molecular weight is 325 g/mol. The van der Waals surface area contributed by atoms with Crippen molar-refractivity contribution in [3.63, 3.8) is 0 Å². The van der Waals surface area contributed by atoms with Crippen molar-refractivity contribution in [3.05, 3.63) is 63.5 Å². The van der Waals surface area contributed by atoms with Gasteiger partial charge in [0.1, 0.15) is 5.82 Å². The molecule has 2 aromatic carbocycles. The molecule has 16 heavy (non-hydrogen) atoms. The first-order chi connectivity index (χ1) is 7.74. The van der Waals surface area contributed by atoms with Crippen LogP contribution in [0.5, 0.6) is 0 Å². The first kappa shape index (κ1) is 11.3. The van der Waals surface area contributed by atoms with E-state index in [2.05, 4.69) is 27.6 Å². The van der Waals surface area contributed by atoms with Gasteiger partial charge in [-0.15, -0.1) is 0 Å². The van der Waals surface area contributed by atoms with Crippen LogP contribution in [0.3, 0.4) is 0 Å². The molecular formula is C13H9FIN. The lowest BCUT2D eigenvalue weighted by atomic mass is 10.2. The molecule has 80 valence electrons. The molecule has 0 saturated heterocycles. The molecule has 0 spiro atoms.